The van der Waals surface area contributed by atoms with Crippen molar-refractivity contribution in [3.8, 4) is 0 Å². The van der Waals surface area contributed by atoms with Crippen LogP contribution < -0.4 is 0 Å². The summed E-state index contributed by atoms with van der Waals surface area (Å²) in [7, 11) is 1.38. The van der Waals surface area contributed by atoms with Crippen LogP contribution in [0.4, 0.5) is 0 Å². The highest BCUT2D eigenvalue weighted by atomic mass is 16.2. The van der Waals surface area contributed by atoms with Crippen LogP contribution in [0.15, 0.2) is 0 Å². The van der Waals surface area contributed by atoms with Crippen molar-refractivity contribution in [1.82, 2.24) is 4.90 Å². The summed E-state index contributed by atoms with van der Waals surface area (Å²) in [6.45, 7) is 0. The molecule has 114 valence electrons. The van der Waals surface area contributed by atoms with Crippen LogP contribution in [0.2, 0.25) is 0 Å². The molecule has 20 heavy (non-hydrogen) atoms. The van der Waals surface area contributed by atoms with Gasteiger partial charge >= 0.3 is 0 Å². The molecule has 0 radical (unpaired) electrons. The quantitative estimate of drug-likeness (QED) is 0.724. The Kier molecular flexibility index (Phi) is 6.06. The summed E-state index contributed by atoms with van der Waals surface area (Å²) in [6, 6.07) is 0. The molecule has 0 aliphatic heterocycles. The summed E-state index contributed by atoms with van der Waals surface area (Å²) < 4.78 is 0. The second kappa shape index (κ2) is 7.80. The molecule has 0 aromatic carbocycles. The molecular weight excluding hydrogens is 250 g/mol. The molecule has 4 atom stereocenters. The van der Waals surface area contributed by atoms with Crippen LogP contribution in [0.5, 0.6) is 0 Å². The van der Waals surface area contributed by atoms with Crippen molar-refractivity contribution in [2.45, 2.75) is 64.2 Å². The third-order valence-corrected chi connectivity index (χ3v) is 5.73. The lowest BCUT2D eigenvalue weighted by molar-refractivity contribution is -0.127. The van der Waals surface area contributed by atoms with Crippen LogP contribution in [0.1, 0.15) is 64.2 Å². The number of fused-ring (bicyclic) bond motifs is 3. The number of carbonyl (C=O) groups excluding carboxylic acids is 2. The molecule has 0 spiro atoms. The minimum absolute atomic E-state index is 0.438. The smallest absolute Gasteiger partial charge is 0.215 e. The van der Waals surface area contributed by atoms with E-state index < -0.39 is 0 Å². The van der Waals surface area contributed by atoms with Gasteiger partial charge in [-0.2, -0.15) is 0 Å². The first-order valence-corrected chi connectivity index (χ1v) is 8.38. The second-order valence-corrected chi connectivity index (χ2v) is 6.87. The Morgan fingerprint density at radius 1 is 0.700 bits per heavy atom. The highest BCUT2D eigenvalue weighted by Gasteiger charge is 2.40. The first kappa shape index (κ1) is 15.5. The van der Waals surface area contributed by atoms with Crippen molar-refractivity contribution in [2.24, 2.45) is 23.7 Å². The molecule has 3 saturated carbocycles. The van der Waals surface area contributed by atoms with Gasteiger partial charge in [-0.05, 0) is 49.4 Å². The van der Waals surface area contributed by atoms with E-state index in [9.17, 15) is 9.59 Å². The van der Waals surface area contributed by atoms with Crippen LogP contribution in [-0.4, -0.2) is 24.8 Å². The van der Waals surface area contributed by atoms with E-state index in [0.29, 0.717) is 12.8 Å². The molecule has 0 N–H and O–H groups in total. The maximum absolute atomic E-state index is 9.43. The van der Waals surface area contributed by atoms with Gasteiger partial charge in [0.25, 0.3) is 0 Å². The average molecular weight is 279 g/mol. The Labute approximate surface area is 123 Å². The minimum Gasteiger partial charge on any atom is -0.291 e. The first-order valence-electron chi connectivity index (χ1n) is 8.38. The lowest BCUT2D eigenvalue weighted by Gasteiger charge is -2.48. The number of imide groups is 1. The number of hydrogen-bond donors (Lipinski definition) is 0. The van der Waals surface area contributed by atoms with Gasteiger partial charge in [0.05, 0.1) is 0 Å². The van der Waals surface area contributed by atoms with E-state index in [1.54, 1.807) is 64.2 Å². The second-order valence-electron chi connectivity index (χ2n) is 6.87. The van der Waals surface area contributed by atoms with Crippen molar-refractivity contribution < 1.29 is 9.59 Å². The van der Waals surface area contributed by atoms with Crippen molar-refractivity contribution in [3.05, 3.63) is 0 Å². The van der Waals surface area contributed by atoms with Crippen LogP contribution in [0, 0.1) is 23.7 Å². The fraction of sp³-hybridized carbons (Fsp3) is 0.882. The number of carbonyl (C=O) groups is 2. The molecule has 3 rings (SSSR count). The number of nitrogens with zero attached hydrogens (tertiary/aromatic N) is 1. The lowest BCUT2D eigenvalue weighted by Crippen LogP contribution is -2.38. The van der Waals surface area contributed by atoms with E-state index in [1.807, 2.05) is 0 Å². The van der Waals surface area contributed by atoms with Gasteiger partial charge in [-0.3, -0.25) is 14.5 Å². The van der Waals surface area contributed by atoms with Crippen LogP contribution in [0.3, 0.4) is 0 Å². The van der Waals surface area contributed by atoms with Gasteiger partial charge in [-0.25, -0.2) is 0 Å². The summed E-state index contributed by atoms with van der Waals surface area (Å²) in [5.74, 6) is 4.65. The molecule has 0 aromatic rings. The fourth-order valence-corrected chi connectivity index (χ4v) is 4.77. The summed E-state index contributed by atoms with van der Waals surface area (Å²) >= 11 is 0. The predicted molar refractivity (Wildman–Crippen MR) is 80.0 cm³/mol. The highest BCUT2D eigenvalue weighted by molar-refractivity contribution is 5.67. The van der Waals surface area contributed by atoms with Gasteiger partial charge in [-0.1, -0.05) is 38.5 Å². The zero-order valence-electron chi connectivity index (χ0n) is 12.8. The van der Waals surface area contributed by atoms with Crippen molar-refractivity contribution in [3.63, 3.8) is 0 Å². The molecule has 0 saturated heterocycles. The van der Waals surface area contributed by atoms with E-state index in [2.05, 4.69) is 0 Å². The van der Waals surface area contributed by atoms with E-state index in [4.69, 9.17) is 0 Å². The molecule has 3 aliphatic rings. The largest absolute Gasteiger partial charge is 0.291 e. The number of amides is 2. The Morgan fingerprint density at radius 3 is 1.45 bits per heavy atom. The SMILES string of the molecule is C1CCC2C(C1)CCC1CCCCC12.CN(C=O)C=O. The molecule has 3 heteroatoms. The molecule has 3 nitrogen and oxygen atoms in total. The molecule has 0 heterocycles. The van der Waals surface area contributed by atoms with E-state index in [-0.39, 0.29) is 0 Å². The van der Waals surface area contributed by atoms with Crippen LogP contribution in [-0.2, 0) is 9.59 Å². The molecule has 3 aliphatic carbocycles. The van der Waals surface area contributed by atoms with Crippen molar-refractivity contribution in [1.29, 1.82) is 0 Å². The van der Waals surface area contributed by atoms with Gasteiger partial charge in [0.1, 0.15) is 0 Å². The lowest BCUT2D eigenvalue weighted by atomic mass is 9.58. The molecule has 3 fully saturated rings. The summed E-state index contributed by atoms with van der Waals surface area (Å²) in [5, 5.41) is 0. The molecular formula is C17H29NO2. The van der Waals surface area contributed by atoms with Gasteiger partial charge in [0.15, 0.2) is 0 Å². The molecule has 4 unspecified atom stereocenters. The Hall–Kier alpha value is -0.860. The Bertz CT molecular complexity index is 288. The van der Waals surface area contributed by atoms with E-state index >= 15 is 0 Å². The molecule has 2 amide bonds. The number of hydrogen-bond acceptors (Lipinski definition) is 2. The summed E-state index contributed by atoms with van der Waals surface area (Å²) in [6.07, 6.45) is 16.6. The Morgan fingerprint density at radius 2 is 1.10 bits per heavy atom. The van der Waals surface area contributed by atoms with Crippen molar-refractivity contribution in [2.75, 3.05) is 7.05 Å². The predicted octanol–water partition coefficient (Wildman–Crippen LogP) is 3.62. The molecule has 0 bridgehead atoms. The fourth-order valence-electron chi connectivity index (χ4n) is 4.77. The van der Waals surface area contributed by atoms with E-state index in [1.165, 1.54) is 18.9 Å². The number of rotatable bonds is 2. The third kappa shape index (κ3) is 3.83. The minimum atomic E-state index is 0.438. The monoisotopic (exact) mass is 279 g/mol. The van der Waals surface area contributed by atoms with Crippen LogP contribution >= 0.6 is 0 Å². The molecule has 0 aromatic heterocycles. The highest BCUT2D eigenvalue weighted by Crippen LogP contribution is 2.51. The van der Waals surface area contributed by atoms with E-state index in [0.717, 1.165) is 16.7 Å². The standard InChI is InChI=1S/C14H24.C3H5NO2/c1-3-7-13-11(5-1)9-10-12-6-2-4-8-14(12)13;1-4(2-5)3-6/h11-14H,1-10H2;2-3H,1H3. The average Bonchev–Trinajstić information content (AvgIpc) is 2.54. The maximum Gasteiger partial charge on any atom is 0.215 e. The maximum atomic E-state index is 9.43. The summed E-state index contributed by atoms with van der Waals surface area (Å²) in [4.78, 5) is 19.8. The topological polar surface area (TPSA) is 37.4 Å². The normalized spacial score (nSPS) is 35.6. The van der Waals surface area contributed by atoms with Gasteiger partial charge in [0, 0.05) is 7.05 Å². The summed E-state index contributed by atoms with van der Waals surface area (Å²) in [5.41, 5.74) is 0. The third-order valence-electron chi connectivity index (χ3n) is 5.73. The Balaban J connectivity index is 0.000000212. The van der Waals surface area contributed by atoms with Gasteiger partial charge < -0.3 is 0 Å². The van der Waals surface area contributed by atoms with Crippen molar-refractivity contribution >= 4 is 12.8 Å². The zero-order chi connectivity index (χ0) is 14.4. The van der Waals surface area contributed by atoms with Gasteiger partial charge in [-0.15, -0.1) is 0 Å². The first-order chi connectivity index (χ1) is 9.76. The van der Waals surface area contributed by atoms with Gasteiger partial charge in [0.2, 0.25) is 12.8 Å². The zero-order valence-corrected chi connectivity index (χ0v) is 12.8. The van der Waals surface area contributed by atoms with Crippen LogP contribution in [0.25, 0.3) is 0 Å².